The molecule has 17 heavy (non-hydrogen) atoms. The molecule has 0 heterocycles. The van der Waals surface area contributed by atoms with Crippen LogP contribution in [0.3, 0.4) is 0 Å². The molecule has 0 aromatic heterocycles. The molecule has 1 amide bonds. The van der Waals surface area contributed by atoms with Crippen LogP contribution in [-0.2, 0) is 17.6 Å². The van der Waals surface area contributed by atoms with Gasteiger partial charge >= 0.3 is 0 Å². The summed E-state index contributed by atoms with van der Waals surface area (Å²) in [6.07, 6.45) is 1.40. The summed E-state index contributed by atoms with van der Waals surface area (Å²) in [4.78, 5) is 10.7. The van der Waals surface area contributed by atoms with Crippen molar-refractivity contribution in [1.29, 1.82) is 0 Å². The summed E-state index contributed by atoms with van der Waals surface area (Å²) < 4.78 is 5.26. The molecule has 1 rings (SSSR count). The Hall–Kier alpha value is -1.71. The van der Waals surface area contributed by atoms with E-state index in [1.54, 1.807) is 13.2 Å². The second kappa shape index (κ2) is 6.13. The molecule has 0 aliphatic rings. The molecule has 4 heteroatoms. The van der Waals surface area contributed by atoms with Crippen LogP contribution >= 0.6 is 0 Å². The molecule has 1 aromatic rings. The molecule has 0 aliphatic heterocycles. The van der Waals surface area contributed by atoms with E-state index in [4.69, 9.17) is 4.74 Å². The minimum atomic E-state index is -0.0679. The van der Waals surface area contributed by atoms with Gasteiger partial charge in [0, 0.05) is 13.5 Å². The van der Waals surface area contributed by atoms with E-state index in [1.165, 1.54) is 6.92 Å². The maximum absolute atomic E-state index is 10.7. The number of rotatable bonds is 5. The monoisotopic (exact) mass is 237 g/mol. The van der Waals surface area contributed by atoms with E-state index in [0.29, 0.717) is 13.0 Å². The number of phenols is 1. The van der Waals surface area contributed by atoms with E-state index >= 15 is 0 Å². The number of ether oxygens (including phenoxy) is 1. The summed E-state index contributed by atoms with van der Waals surface area (Å²) >= 11 is 0. The number of aryl methyl sites for hydroxylation is 1. The molecule has 0 unspecified atom stereocenters. The Balaban J connectivity index is 2.81. The van der Waals surface area contributed by atoms with E-state index in [0.717, 1.165) is 23.3 Å². The first-order valence-corrected chi connectivity index (χ1v) is 5.71. The van der Waals surface area contributed by atoms with Crippen molar-refractivity contribution in [3.63, 3.8) is 0 Å². The Labute approximate surface area is 102 Å². The topological polar surface area (TPSA) is 58.6 Å². The Bertz CT molecular complexity index is 402. The Kier molecular flexibility index (Phi) is 4.82. The minimum Gasteiger partial charge on any atom is -0.508 e. The van der Waals surface area contributed by atoms with Crippen molar-refractivity contribution in [3.8, 4) is 11.5 Å². The summed E-state index contributed by atoms with van der Waals surface area (Å²) in [6.45, 7) is 3.99. The average molecular weight is 237 g/mol. The fraction of sp³-hybridized carbons (Fsp3) is 0.462. The normalized spacial score (nSPS) is 10.1. The fourth-order valence-electron chi connectivity index (χ4n) is 1.69. The fourth-order valence-corrected chi connectivity index (χ4v) is 1.69. The summed E-state index contributed by atoms with van der Waals surface area (Å²) in [6, 6.07) is 3.55. The van der Waals surface area contributed by atoms with Gasteiger partial charge in [-0.3, -0.25) is 4.79 Å². The molecule has 4 nitrogen and oxygen atoms in total. The molecule has 0 saturated heterocycles. The zero-order chi connectivity index (χ0) is 12.8. The van der Waals surface area contributed by atoms with E-state index in [1.807, 2.05) is 13.0 Å². The van der Waals surface area contributed by atoms with Crippen LogP contribution in [-0.4, -0.2) is 24.7 Å². The number of carbonyl (C=O) groups excluding carboxylic acids is 1. The molecule has 0 atom stereocenters. The Morgan fingerprint density at radius 3 is 2.65 bits per heavy atom. The molecule has 0 aliphatic carbocycles. The van der Waals surface area contributed by atoms with E-state index < -0.39 is 0 Å². The van der Waals surface area contributed by atoms with Gasteiger partial charge in [-0.2, -0.15) is 0 Å². The molecule has 0 radical (unpaired) electrons. The number of hydrogen-bond acceptors (Lipinski definition) is 3. The van der Waals surface area contributed by atoms with Gasteiger partial charge in [0.1, 0.15) is 11.5 Å². The van der Waals surface area contributed by atoms with Crippen molar-refractivity contribution in [3.05, 3.63) is 23.3 Å². The highest BCUT2D eigenvalue weighted by Crippen LogP contribution is 2.28. The summed E-state index contributed by atoms with van der Waals surface area (Å²) in [5, 5.41) is 12.5. The van der Waals surface area contributed by atoms with Crippen LogP contribution in [0.2, 0.25) is 0 Å². The van der Waals surface area contributed by atoms with Crippen molar-refractivity contribution in [2.24, 2.45) is 0 Å². The predicted molar refractivity (Wildman–Crippen MR) is 66.4 cm³/mol. The number of aromatic hydroxyl groups is 1. The minimum absolute atomic E-state index is 0.0679. The Morgan fingerprint density at radius 2 is 2.12 bits per heavy atom. The molecule has 1 aromatic carbocycles. The lowest BCUT2D eigenvalue weighted by Crippen LogP contribution is -2.22. The van der Waals surface area contributed by atoms with Crippen LogP contribution in [0.4, 0.5) is 0 Å². The zero-order valence-corrected chi connectivity index (χ0v) is 10.5. The molecule has 0 saturated carbocycles. The quantitative estimate of drug-likeness (QED) is 0.818. The van der Waals surface area contributed by atoms with Crippen molar-refractivity contribution < 1.29 is 14.6 Å². The summed E-state index contributed by atoms with van der Waals surface area (Å²) in [5.41, 5.74) is 1.76. The number of benzene rings is 1. The lowest BCUT2D eigenvalue weighted by atomic mass is 10.0. The van der Waals surface area contributed by atoms with Crippen LogP contribution in [0, 0.1) is 0 Å². The molecular weight excluding hydrogens is 218 g/mol. The van der Waals surface area contributed by atoms with Crippen LogP contribution in [0.15, 0.2) is 12.1 Å². The highest BCUT2D eigenvalue weighted by molar-refractivity contribution is 5.72. The number of phenolic OH excluding ortho intramolecular Hbond substituents is 1. The molecule has 0 fully saturated rings. The summed E-state index contributed by atoms with van der Waals surface area (Å²) in [5.74, 6) is 0.970. The number of carbonyl (C=O) groups is 1. The lowest BCUT2D eigenvalue weighted by Gasteiger charge is -2.11. The maximum Gasteiger partial charge on any atom is 0.216 e. The summed E-state index contributed by atoms with van der Waals surface area (Å²) in [7, 11) is 1.61. The zero-order valence-electron chi connectivity index (χ0n) is 10.5. The third-order valence-electron chi connectivity index (χ3n) is 2.63. The van der Waals surface area contributed by atoms with Gasteiger partial charge in [0.15, 0.2) is 0 Å². The van der Waals surface area contributed by atoms with Gasteiger partial charge < -0.3 is 15.2 Å². The van der Waals surface area contributed by atoms with Crippen LogP contribution in [0.25, 0.3) is 0 Å². The van der Waals surface area contributed by atoms with E-state index in [9.17, 15) is 9.90 Å². The van der Waals surface area contributed by atoms with Gasteiger partial charge in [0.05, 0.1) is 7.11 Å². The maximum atomic E-state index is 10.7. The van der Waals surface area contributed by atoms with Gasteiger partial charge in [0.25, 0.3) is 0 Å². The smallest absolute Gasteiger partial charge is 0.216 e. The van der Waals surface area contributed by atoms with Gasteiger partial charge in [0.2, 0.25) is 5.91 Å². The van der Waals surface area contributed by atoms with Gasteiger partial charge in [-0.05, 0) is 36.1 Å². The van der Waals surface area contributed by atoms with Crippen molar-refractivity contribution in [2.75, 3.05) is 13.7 Å². The third-order valence-corrected chi connectivity index (χ3v) is 2.63. The number of methoxy groups -OCH3 is 1. The third kappa shape index (κ3) is 3.66. The van der Waals surface area contributed by atoms with Gasteiger partial charge in [-0.25, -0.2) is 0 Å². The largest absolute Gasteiger partial charge is 0.508 e. The highest BCUT2D eigenvalue weighted by Gasteiger charge is 2.08. The molecular formula is C13H19NO3. The van der Waals surface area contributed by atoms with Crippen molar-refractivity contribution >= 4 is 5.91 Å². The first-order valence-electron chi connectivity index (χ1n) is 5.71. The van der Waals surface area contributed by atoms with Crippen molar-refractivity contribution in [2.45, 2.75) is 26.7 Å². The molecule has 0 spiro atoms. The van der Waals surface area contributed by atoms with Crippen LogP contribution in [0.5, 0.6) is 11.5 Å². The number of amides is 1. The lowest BCUT2D eigenvalue weighted by molar-refractivity contribution is -0.118. The van der Waals surface area contributed by atoms with Crippen LogP contribution in [0.1, 0.15) is 25.0 Å². The molecule has 94 valence electrons. The first-order chi connectivity index (χ1) is 8.08. The molecule has 0 bridgehead atoms. The SMILES string of the molecule is CCc1cc(O)c(CCNC(C)=O)cc1OC. The predicted octanol–water partition coefficient (Wildman–Crippen LogP) is 1.64. The molecule has 2 N–H and O–H groups in total. The van der Waals surface area contributed by atoms with Crippen molar-refractivity contribution in [1.82, 2.24) is 5.32 Å². The Morgan fingerprint density at radius 1 is 1.41 bits per heavy atom. The van der Waals surface area contributed by atoms with E-state index in [-0.39, 0.29) is 11.7 Å². The van der Waals surface area contributed by atoms with Gasteiger partial charge in [-0.15, -0.1) is 0 Å². The van der Waals surface area contributed by atoms with Gasteiger partial charge in [-0.1, -0.05) is 6.92 Å². The van der Waals surface area contributed by atoms with Crippen LogP contribution < -0.4 is 10.1 Å². The average Bonchev–Trinajstić information content (AvgIpc) is 2.30. The van der Waals surface area contributed by atoms with E-state index in [2.05, 4.69) is 5.32 Å². The number of hydrogen-bond donors (Lipinski definition) is 2. The first kappa shape index (κ1) is 13.4. The standard InChI is InChI=1S/C13H19NO3/c1-4-10-7-12(16)11(8-13(10)17-3)5-6-14-9(2)15/h7-8,16H,4-6H2,1-3H3,(H,14,15). The number of nitrogens with one attached hydrogen (secondary N) is 1. The second-order valence-electron chi connectivity index (χ2n) is 3.88. The highest BCUT2D eigenvalue weighted by atomic mass is 16.5. The second-order valence-corrected chi connectivity index (χ2v) is 3.88.